The van der Waals surface area contributed by atoms with Crippen LogP contribution < -0.4 is 5.73 Å². The zero-order chi connectivity index (χ0) is 7.56. The molecule has 1 unspecified atom stereocenters. The van der Waals surface area contributed by atoms with Gasteiger partial charge in [-0.05, 0) is 26.2 Å². The first-order chi connectivity index (χ1) is 4.70. The van der Waals surface area contributed by atoms with Gasteiger partial charge in [-0.15, -0.1) is 0 Å². The molecule has 0 aromatic carbocycles. The predicted octanol–water partition coefficient (Wildman–Crippen LogP) is 1.78. The molecule has 0 spiro atoms. The molecule has 1 aliphatic carbocycles. The molecule has 0 radical (unpaired) electrons. The molecule has 0 amide bonds. The van der Waals surface area contributed by atoms with Crippen molar-refractivity contribution in [1.29, 1.82) is 0 Å². The summed E-state index contributed by atoms with van der Waals surface area (Å²) in [6, 6.07) is 0.118. The number of nitrogens with two attached hydrogens (primary N) is 1. The van der Waals surface area contributed by atoms with Gasteiger partial charge in [0.05, 0.1) is 0 Å². The third-order valence-corrected chi connectivity index (χ3v) is 1.97. The van der Waals surface area contributed by atoms with Crippen LogP contribution in [-0.4, -0.2) is 12.2 Å². The Balaban J connectivity index is 2.48. The van der Waals surface area contributed by atoms with Crippen molar-refractivity contribution in [2.24, 2.45) is 5.73 Å². The van der Waals surface area contributed by atoms with Crippen molar-refractivity contribution >= 4 is 0 Å². The van der Waals surface area contributed by atoms with E-state index in [-0.39, 0.29) is 6.04 Å². The molecule has 1 rings (SSSR count). The second kappa shape index (κ2) is 3.15. The number of halogens is 1. The summed E-state index contributed by atoms with van der Waals surface area (Å²) in [4.78, 5) is 0. The maximum absolute atomic E-state index is 12.5. The Bertz CT molecular complexity index is 140. The van der Waals surface area contributed by atoms with Crippen molar-refractivity contribution in [2.45, 2.75) is 38.4 Å². The number of alkyl halides is 1. The average Bonchev–Trinajstić information content (AvgIpc) is 1.88. The van der Waals surface area contributed by atoms with Gasteiger partial charge in [0.1, 0.15) is 6.17 Å². The van der Waals surface area contributed by atoms with Gasteiger partial charge in [0.2, 0.25) is 0 Å². The smallest absolute Gasteiger partial charge is 0.104 e. The van der Waals surface area contributed by atoms with Gasteiger partial charge in [-0.3, -0.25) is 0 Å². The summed E-state index contributed by atoms with van der Waals surface area (Å²) >= 11 is 0. The highest BCUT2D eigenvalue weighted by Gasteiger charge is 2.14. The first-order valence-corrected chi connectivity index (χ1v) is 3.78. The second-order valence-electron chi connectivity index (χ2n) is 2.94. The van der Waals surface area contributed by atoms with E-state index in [1.165, 1.54) is 5.57 Å². The fourth-order valence-electron chi connectivity index (χ4n) is 1.24. The quantitative estimate of drug-likeness (QED) is 0.556. The molecule has 0 fully saturated rings. The minimum absolute atomic E-state index is 0.118. The van der Waals surface area contributed by atoms with Gasteiger partial charge in [-0.2, -0.15) is 0 Å². The van der Waals surface area contributed by atoms with Crippen LogP contribution in [0.2, 0.25) is 0 Å². The van der Waals surface area contributed by atoms with Crippen molar-refractivity contribution in [3.05, 3.63) is 11.6 Å². The van der Waals surface area contributed by atoms with Gasteiger partial charge in [0.15, 0.2) is 0 Å². The van der Waals surface area contributed by atoms with Gasteiger partial charge < -0.3 is 5.73 Å². The Morgan fingerprint density at radius 1 is 1.80 bits per heavy atom. The van der Waals surface area contributed by atoms with Crippen LogP contribution in [0.5, 0.6) is 0 Å². The highest BCUT2D eigenvalue weighted by molar-refractivity contribution is 5.12. The van der Waals surface area contributed by atoms with E-state index in [1.54, 1.807) is 0 Å². The lowest BCUT2D eigenvalue weighted by molar-refractivity contribution is 0.305. The second-order valence-corrected chi connectivity index (χ2v) is 2.94. The van der Waals surface area contributed by atoms with Crippen molar-refractivity contribution < 1.29 is 4.39 Å². The van der Waals surface area contributed by atoms with Gasteiger partial charge in [-0.25, -0.2) is 4.39 Å². The monoisotopic (exact) mass is 143 g/mol. The highest BCUT2D eigenvalue weighted by atomic mass is 19.1. The molecule has 2 heteroatoms. The van der Waals surface area contributed by atoms with Crippen LogP contribution in [0.15, 0.2) is 11.6 Å². The fourth-order valence-corrected chi connectivity index (χ4v) is 1.24. The van der Waals surface area contributed by atoms with Crippen LogP contribution in [0, 0.1) is 0 Å². The van der Waals surface area contributed by atoms with E-state index in [0.717, 1.165) is 6.42 Å². The van der Waals surface area contributed by atoms with Crippen molar-refractivity contribution in [2.75, 3.05) is 0 Å². The summed E-state index contributed by atoms with van der Waals surface area (Å²) in [6.45, 7) is 1.95. The topological polar surface area (TPSA) is 26.0 Å². The molecule has 0 bridgehead atoms. The van der Waals surface area contributed by atoms with E-state index >= 15 is 0 Å². The Morgan fingerprint density at radius 3 is 2.90 bits per heavy atom. The average molecular weight is 143 g/mol. The van der Waals surface area contributed by atoms with Crippen LogP contribution in [-0.2, 0) is 0 Å². The highest BCUT2D eigenvalue weighted by Crippen LogP contribution is 2.21. The Morgan fingerprint density at radius 2 is 2.50 bits per heavy atom. The molecule has 1 nitrogen and oxygen atoms in total. The Labute approximate surface area is 61.1 Å². The van der Waals surface area contributed by atoms with E-state index < -0.39 is 6.17 Å². The maximum atomic E-state index is 12.5. The van der Waals surface area contributed by atoms with Crippen LogP contribution in [0.1, 0.15) is 26.2 Å². The first kappa shape index (κ1) is 7.73. The van der Waals surface area contributed by atoms with Crippen LogP contribution in [0.4, 0.5) is 4.39 Å². The molecular weight excluding hydrogens is 129 g/mol. The molecule has 1 aliphatic rings. The minimum Gasteiger partial charge on any atom is -0.324 e. The molecule has 0 heterocycles. The van der Waals surface area contributed by atoms with Crippen molar-refractivity contribution in [1.82, 2.24) is 0 Å². The summed E-state index contributed by atoms with van der Waals surface area (Å²) < 4.78 is 12.5. The number of hydrogen-bond donors (Lipinski definition) is 1. The maximum Gasteiger partial charge on any atom is 0.104 e. The van der Waals surface area contributed by atoms with E-state index in [2.05, 4.69) is 0 Å². The molecule has 0 aromatic heterocycles. The SMILES string of the molecule is C[C@H](N)C1=CCC(F)CC1. The molecule has 58 valence electrons. The third-order valence-electron chi connectivity index (χ3n) is 1.97. The Hall–Kier alpha value is -0.370. The molecule has 0 saturated carbocycles. The zero-order valence-electron chi connectivity index (χ0n) is 6.31. The fraction of sp³-hybridized carbons (Fsp3) is 0.750. The number of hydrogen-bond acceptors (Lipinski definition) is 1. The summed E-state index contributed by atoms with van der Waals surface area (Å²) in [5.41, 5.74) is 6.84. The van der Waals surface area contributed by atoms with Gasteiger partial charge >= 0.3 is 0 Å². The molecular formula is C8H14FN. The van der Waals surface area contributed by atoms with Crippen molar-refractivity contribution in [3.8, 4) is 0 Å². The van der Waals surface area contributed by atoms with Gasteiger partial charge in [-0.1, -0.05) is 11.6 Å². The molecule has 0 aromatic rings. The van der Waals surface area contributed by atoms with E-state index in [4.69, 9.17) is 5.73 Å². The molecule has 2 atom stereocenters. The predicted molar refractivity (Wildman–Crippen MR) is 40.5 cm³/mol. The Kier molecular flexibility index (Phi) is 2.44. The van der Waals surface area contributed by atoms with Crippen LogP contribution in [0.3, 0.4) is 0 Å². The minimum atomic E-state index is -0.623. The lowest BCUT2D eigenvalue weighted by Gasteiger charge is -2.18. The molecule has 0 saturated heterocycles. The molecule has 0 aliphatic heterocycles. The normalized spacial score (nSPS) is 29.5. The summed E-state index contributed by atoms with van der Waals surface area (Å²) in [6.07, 6.45) is 3.39. The van der Waals surface area contributed by atoms with E-state index in [0.29, 0.717) is 12.8 Å². The van der Waals surface area contributed by atoms with Crippen LogP contribution in [0.25, 0.3) is 0 Å². The molecule has 2 N–H and O–H groups in total. The number of rotatable bonds is 1. The standard InChI is InChI=1S/C8H14FN/c1-6(10)7-2-4-8(9)5-3-7/h2,6,8H,3-5,10H2,1H3/t6-,8?/m0/s1. The lowest BCUT2D eigenvalue weighted by Crippen LogP contribution is -2.21. The first-order valence-electron chi connectivity index (χ1n) is 3.78. The van der Waals surface area contributed by atoms with Gasteiger partial charge in [0, 0.05) is 6.04 Å². The summed E-state index contributed by atoms with van der Waals surface area (Å²) in [5.74, 6) is 0. The summed E-state index contributed by atoms with van der Waals surface area (Å²) in [5, 5.41) is 0. The van der Waals surface area contributed by atoms with E-state index in [9.17, 15) is 4.39 Å². The largest absolute Gasteiger partial charge is 0.324 e. The van der Waals surface area contributed by atoms with Crippen LogP contribution >= 0.6 is 0 Å². The lowest BCUT2D eigenvalue weighted by atomic mass is 9.94. The number of allylic oxidation sites excluding steroid dienone is 1. The summed E-state index contributed by atoms with van der Waals surface area (Å²) in [7, 11) is 0. The van der Waals surface area contributed by atoms with Gasteiger partial charge in [0.25, 0.3) is 0 Å². The van der Waals surface area contributed by atoms with E-state index in [1.807, 2.05) is 13.0 Å². The zero-order valence-corrected chi connectivity index (χ0v) is 6.31. The molecule has 10 heavy (non-hydrogen) atoms. The van der Waals surface area contributed by atoms with Crippen molar-refractivity contribution in [3.63, 3.8) is 0 Å². The third kappa shape index (κ3) is 1.81.